The Labute approximate surface area is 390 Å². The minimum atomic E-state index is -0.794. The largest absolute Gasteiger partial charge is 0.462 e. The van der Waals surface area contributed by atoms with E-state index >= 15 is 0 Å². The van der Waals surface area contributed by atoms with Crippen LogP contribution in [-0.4, -0.2) is 37.2 Å². The van der Waals surface area contributed by atoms with Gasteiger partial charge in [0.1, 0.15) is 13.2 Å². The molecule has 0 aliphatic rings. The lowest BCUT2D eigenvalue weighted by molar-refractivity contribution is -0.167. The predicted molar refractivity (Wildman–Crippen MR) is 270 cm³/mol. The molecule has 1 atom stereocenters. The van der Waals surface area contributed by atoms with E-state index in [0.717, 1.165) is 103 Å². The van der Waals surface area contributed by atoms with Crippen LogP contribution in [0.2, 0.25) is 0 Å². The van der Waals surface area contributed by atoms with Crippen LogP contribution < -0.4 is 0 Å². The van der Waals surface area contributed by atoms with Gasteiger partial charge in [0, 0.05) is 19.3 Å². The molecule has 0 aliphatic carbocycles. The second-order valence-electron chi connectivity index (χ2n) is 17.8. The van der Waals surface area contributed by atoms with Gasteiger partial charge in [-0.25, -0.2) is 0 Å². The van der Waals surface area contributed by atoms with Gasteiger partial charge in [0.2, 0.25) is 0 Å². The van der Waals surface area contributed by atoms with Crippen molar-refractivity contribution in [3.63, 3.8) is 0 Å². The normalized spacial score (nSPS) is 12.5. The number of carbonyl (C=O) groups excluding carboxylic acids is 3. The summed E-state index contributed by atoms with van der Waals surface area (Å²) < 4.78 is 16.8. The Kier molecular flexibility index (Phi) is 49.4. The maximum absolute atomic E-state index is 12.8. The molecule has 0 aromatic rings. The fourth-order valence-corrected chi connectivity index (χ4v) is 7.40. The van der Waals surface area contributed by atoms with Gasteiger partial charge in [0.15, 0.2) is 6.10 Å². The molecule has 0 heterocycles. The first-order valence-corrected chi connectivity index (χ1v) is 26.8. The number of ether oxygens (including phenoxy) is 3. The molecule has 0 aliphatic heterocycles. The standard InChI is InChI=1S/C57H100O6/c1-4-7-10-13-16-19-22-24-26-28-29-31-32-35-38-41-44-47-50-56(59)62-53-54(52-61-55(58)49-46-43-40-37-34-21-18-15-12-9-6-3)63-57(60)51-48-45-42-39-36-33-30-27-25-23-20-17-14-11-8-5-2/h15,18,21,26-31,34,54H,4-14,16-17,19-20,22-25,32-33,35-53H2,1-3H3/b18-15-,28-26-,30-27-,31-29-,34-21-. The lowest BCUT2D eigenvalue weighted by Gasteiger charge is -2.18. The van der Waals surface area contributed by atoms with E-state index in [1.807, 2.05) is 0 Å². The smallest absolute Gasteiger partial charge is 0.306 e. The number of rotatable bonds is 48. The topological polar surface area (TPSA) is 78.9 Å². The Morgan fingerprint density at radius 3 is 0.952 bits per heavy atom. The Hall–Kier alpha value is -2.89. The number of unbranched alkanes of at least 4 members (excludes halogenated alkanes) is 29. The summed E-state index contributed by atoms with van der Waals surface area (Å²) in [6, 6.07) is 0. The minimum Gasteiger partial charge on any atom is -0.462 e. The molecule has 6 heteroatoms. The Morgan fingerprint density at radius 1 is 0.317 bits per heavy atom. The summed E-state index contributed by atoms with van der Waals surface area (Å²) in [6.45, 7) is 6.54. The van der Waals surface area contributed by atoms with Crippen molar-refractivity contribution in [3.05, 3.63) is 60.8 Å². The molecule has 6 nitrogen and oxygen atoms in total. The first kappa shape index (κ1) is 60.1. The summed E-state index contributed by atoms with van der Waals surface area (Å²) >= 11 is 0. The van der Waals surface area contributed by atoms with Crippen molar-refractivity contribution in [1.29, 1.82) is 0 Å². The SMILES string of the molecule is CCCC/C=C\C=C/CCCCCC(=O)OCC(COC(=O)CCCCCCC/C=C\C=C/CCCCCCCCC)OC(=O)CCCCCCC/C=C\CCCCCCCCC. The van der Waals surface area contributed by atoms with Crippen LogP contribution in [0, 0.1) is 0 Å². The second kappa shape index (κ2) is 51.7. The third-order valence-electron chi connectivity index (χ3n) is 11.5. The highest BCUT2D eigenvalue weighted by Crippen LogP contribution is 2.14. The number of hydrogen-bond donors (Lipinski definition) is 0. The fourth-order valence-electron chi connectivity index (χ4n) is 7.40. The molecule has 0 bridgehead atoms. The van der Waals surface area contributed by atoms with Crippen molar-refractivity contribution in [3.8, 4) is 0 Å². The van der Waals surface area contributed by atoms with Crippen LogP contribution in [0.25, 0.3) is 0 Å². The quantitative estimate of drug-likeness (QED) is 0.0199. The first-order chi connectivity index (χ1) is 31.0. The zero-order valence-corrected chi connectivity index (χ0v) is 41.6. The summed E-state index contributed by atoms with van der Waals surface area (Å²) in [7, 11) is 0. The molecule has 0 fully saturated rings. The highest BCUT2D eigenvalue weighted by Gasteiger charge is 2.19. The van der Waals surface area contributed by atoms with E-state index in [1.54, 1.807) is 0 Å². The molecule has 0 saturated heterocycles. The van der Waals surface area contributed by atoms with Crippen molar-refractivity contribution in [2.45, 2.75) is 271 Å². The molecule has 364 valence electrons. The molecule has 0 saturated carbocycles. The van der Waals surface area contributed by atoms with E-state index in [9.17, 15) is 14.4 Å². The molecule has 0 radical (unpaired) electrons. The van der Waals surface area contributed by atoms with Gasteiger partial charge in [-0.05, 0) is 89.9 Å². The Morgan fingerprint density at radius 2 is 0.587 bits per heavy atom. The maximum Gasteiger partial charge on any atom is 0.306 e. The number of esters is 3. The summed E-state index contributed by atoms with van der Waals surface area (Å²) in [5, 5.41) is 0. The molecular weight excluding hydrogens is 781 g/mol. The predicted octanol–water partition coefficient (Wildman–Crippen LogP) is 17.6. The number of carbonyl (C=O) groups is 3. The van der Waals surface area contributed by atoms with Crippen LogP contribution in [0.15, 0.2) is 60.8 Å². The maximum atomic E-state index is 12.8. The van der Waals surface area contributed by atoms with Crippen molar-refractivity contribution in [1.82, 2.24) is 0 Å². The molecule has 0 spiro atoms. The molecule has 1 unspecified atom stereocenters. The lowest BCUT2D eigenvalue weighted by Crippen LogP contribution is -2.30. The van der Waals surface area contributed by atoms with Gasteiger partial charge in [0.25, 0.3) is 0 Å². The van der Waals surface area contributed by atoms with Gasteiger partial charge in [-0.1, -0.05) is 216 Å². The molecule has 63 heavy (non-hydrogen) atoms. The average molecular weight is 881 g/mol. The third kappa shape index (κ3) is 50.0. The van der Waals surface area contributed by atoms with Crippen LogP contribution in [0.1, 0.15) is 265 Å². The molecule has 0 rings (SSSR count). The van der Waals surface area contributed by atoms with Crippen LogP contribution in [0.3, 0.4) is 0 Å². The van der Waals surface area contributed by atoms with Gasteiger partial charge in [0.05, 0.1) is 0 Å². The first-order valence-electron chi connectivity index (χ1n) is 26.8. The molecule has 0 amide bonds. The van der Waals surface area contributed by atoms with Gasteiger partial charge in [-0.2, -0.15) is 0 Å². The van der Waals surface area contributed by atoms with E-state index in [2.05, 4.69) is 81.5 Å². The monoisotopic (exact) mass is 881 g/mol. The molecule has 0 aromatic carbocycles. The Bertz CT molecular complexity index is 1150. The summed E-state index contributed by atoms with van der Waals surface area (Å²) in [6.07, 6.45) is 63.5. The van der Waals surface area contributed by atoms with E-state index < -0.39 is 6.10 Å². The average Bonchev–Trinajstić information content (AvgIpc) is 3.28. The third-order valence-corrected chi connectivity index (χ3v) is 11.5. The van der Waals surface area contributed by atoms with Gasteiger partial charge in [-0.15, -0.1) is 0 Å². The van der Waals surface area contributed by atoms with Crippen molar-refractivity contribution < 1.29 is 28.6 Å². The van der Waals surface area contributed by atoms with Crippen LogP contribution in [0.4, 0.5) is 0 Å². The van der Waals surface area contributed by atoms with Crippen LogP contribution in [-0.2, 0) is 28.6 Å². The highest BCUT2D eigenvalue weighted by atomic mass is 16.6. The summed E-state index contributed by atoms with van der Waals surface area (Å²) in [5.41, 5.74) is 0. The summed E-state index contributed by atoms with van der Waals surface area (Å²) in [4.78, 5) is 38.0. The zero-order valence-electron chi connectivity index (χ0n) is 41.6. The van der Waals surface area contributed by atoms with Crippen LogP contribution in [0.5, 0.6) is 0 Å². The van der Waals surface area contributed by atoms with E-state index in [-0.39, 0.29) is 31.1 Å². The molecule has 0 aromatic heterocycles. The fraction of sp³-hybridized carbons (Fsp3) is 0.772. The molecule has 0 N–H and O–H groups in total. The lowest BCUT2D eigenvalue weighted by atomic mass is 10.1. The number of hydrogen-bond acceptors (Lipinski definition) is 6. The van der Waals surface area contributed by atoms with Gasteiger partial charge >= 0.3 is 17.9 Å². The second-order valence-corrected chi connectivity index (χ2v) is 17.8. The van der Waals surface area contributed by atoms with Gasteiger partial charge in [-0.3, -0.25) is 14.4 Å². The molecular formula is C57H100O6. The van der Waals surface area contributed by atoms with E-state index in [4.69, 9.17) is 14.2 Å². The Balaban J connectivity index is 4.41. The van der Waals surface area contributed by atoms with E-state index in [0.29, 0.717) is 19.3 Å². The van der Waals surface area contributed by atoms with Gasteiger partial charge < -0.3 is 14.2 Å². The highest BCUT2D eigenvalue weighted by molar-refractivity contribution is 5.71. The van der Waals surface area contributed by atoms with Crippen molar-refractivity contribution >= 4 is 17.9 Å². The van der Waals surface area contributed by atoms with Crippen molar-refractivity contribution in [2.75, 3.05) is 13.2 Å². The minimum absolute atomic E-state index is 0.0939. The zero-order chi connectivity index (χ0) is 45.8. The van der Waals surface area contributed by atoms with Crippen LogP contribution >= 0.6 is 0 Å². The number of allylic oxidation sites excluding steroid dienone is 10. The van der Waals surface area contributed by atoms with Crippen molar-refractivity contribution in [2.24, 2.45) is 0 Å². The summed E-state index contributed by atoms with van der Waals surface area (Å²) in [5.74, 6) is -0.940. The van der Waals surface area contributed by atoms with E-state index in [1.165, 1.54) is 122 Å².